The Morgan fingerprint density at radius 2 is 1.88 bits per heavy atom. The molecule has 0 fully saturated rings. The van der Waals surface area contributed by atoms with Gasteiger partial charge in [-0.1, -0.05) is 12.1 Å². The molecule has 1 amide bonds. The maximum atomic E-state index is 13.3. The Kier molecular flexibility index (Phi) is 4.99. The summed E-state index contributed by atoms with van der Waals surface area (Å²) in [7, 11) is 0. The Hall–Kier alpha value is -2.47. The monoisotopic (exact) mass is 347 g/mol. The second kappa shape index (κ2) is 7.19. The first-order valence-electron chi connectivity index (χ1n) is 8.09. The lowest BCUT2D eigenvalue weighted by atomic mass is 9.95. The van der Waals surface area contributed by atoms with Crippen LogP contribution in [0.25, 0.3) is 0 Å². The summed E-state index contributed by atoms with van der Waals surface area (Å²) in [5, 5.41) is 13.1. The molecular weight excluding hydrogens is 328 g/mol. The van der Waals surface area contributed by atoms with E-state index >= 15 is 0 Å². The van der Waals surface area contributed by atoms with Gasteiger partial charge < -0.3 is 15.2 Å². The number of nitrogens with one attached hydrogen (secondary N) is 1. The van der Waals surface area contributed by atoms with Crippen molar-refractivity contribution in [1.29, 1.82) is 0 Å². The predicted octanol–water partition coefficient (Wildman–Crippen LogP) is 2.75. The zero-order valence-corrected chi connectivity index (χ0v) is 13.7. The van der Waals surface area contributed by atoms with Gasteiger partial charge in [0, 0.05) is 0 Å². The maximum absolute atomic E-state index is 13.3. The fourth-order valence-corrected chi connectivity index (χ4v) is 2.90. The van der Waals surface area contributed by atoms with Crippen molar-refractivity contribution in [3.63, 3.8) is 0 Å². The predicted molar refractivity (Wildman–Crippen MR) is 88.1 cm³/mol. The van der Waals surface area contributed by atoms with Gasteiger partial charge in [-0.05, 0) is 54.8 Å². The van der Waals surface area contributed by atoms with Crippen LogP contribution in [0.2, 0.25) is 0 Å². The van der Waals surface area contributed by atoms with E-state index in [1.165, 1.54) is 36.4 Å². The highest BCUT2D eigenvalue weighted by Crippen LogP contribution is 2.28. The molecule has 3 rings (SSSR count). The molecule has 1 heterocycles. The van der Waals surface area contributed by atoms with Crippen LogP contribution < -0.4 is 10.1 Å². The number of halogens is 2. The van der Waals surface area contributed by atoms with E-state index in [4.69, 9.17) is 4.74 Å². The zero-order chi connectivity index (χ0) is 18.0. The molecule has 3 unspecified atom stereocenters. The first-order chi connectivity index (χ1) is 11.9. The normalized spacial score (nSPS) is 18.6. The third-order valence-electron chi connectivity index (χ3n) is 4.35. The van der Waals surface area contributed by atoms with Crippen molar-refractivity contribution < 1.29 is 23.4 Å². The number of fused-ring (bicyclic) bond motifs is 1. The van der Waals surface area contributed by atoms with Crippen molar-refractivity contribution in [3.05, 3.63) is 65.2 Å². The Morgan fingerprint density at radius 3 is 2.60 bits per heavy atom. The van der Waals surface area contributed by atoms with Crippen molar-refractivity contribution in [2.75, 3.05) is 6.61 Å². The third-order valence-corrected chi connectivity index (χ3v) is 4.35. The van der Waals surface area contributed by atoms with Crippen LogP contribution in [0.1, 0.15) is 24.2 Å². The van der Waals surface area contributed by atoms with Crippen molar-refractivity contribution in [1.82, 2.24) is 5.32 Å². The molecule has 132 valence electrons. The smallest absolute Gasteiger partial charge is 0.227 e. The average Bonchev–Trinajstić information content (AvgIpc) is 2.61. The summed E-state index contributed by atoms with van der Waals surface area (Å²) in [6, 6.07) is 9.15. The van der Waals surface area contributed by atoms with E-state index < -0.39 is 23.9 Å². The maximum Gasteiger partial charge on any atom is 0.227 e. The van der Waals surface area contributed by atoms with E-state index in [2.05, 4.69) is 5.32 Å². The molecule has 2 aromatic rings. The summed E-state index contributed by atoms with van der Waals surface area (Å²) in [6.45, 7) is 1.87. The zero-order valence-electron chi connectivity index (χ0n) is 13.7. The summed E-state index contributed by atoms with van der Waals surface area (Å²) in [4.78, 5) is 12.4. The van der Waals surface area contributed by atoms with Crippen LogP contribution in [0.3, 0.4) is 0 Å². The average molecular weight is 347 g/mol. The van der Waals surface area contributed by atoms with Crippen LogP contribution in [-0.2, 0) is 11.2 Å². The van der Waals surface area contributed by atoms with Crippen LogP contribution in [0, 0.1) is 17.6 Å². The second-order valence-corrected chi connectivity index (χ2v) is 6.26. The number of carbonyl (C=O) groups is 1. The number of aliphatic hydroxyl groups excluding tert-OH is 1. The van der Waals surface area contributed by atoms with Crippen LogP contribution in [0.4, 0.5) is 8.78 Å². The Labute approximate surface area is 144 Å². The number of hydrogen-bond donors (Lipinski definition) is 2. The van der Waals surface area contributed by atoms with Crippen LogP contribution in [-0.4, -0.2) is 23.7 Å². The fourth-order valence-electron chi connectivity index (χ4n) is 2.90. The number of rotatable bonds is 4. The van der Waals surface area contributed by atoms with Gasteiger partial charge in [0.2, 0.25) is 5.91 Å². The third kappa shape index (κ3) is 3.96. The molecule has 0 aromatic heterocycles. The number of carbonyl (C=O) groups excluding carboxylic acids is 1. The highest BCUT2D eigenvalue weighted by atomic mass is 19.1. The number of aliphatic hydroxyl groups is 1. The summed E-state index contributed by atoms with van der Waals surface area (Å²) in [5.74, 6) is -0.910. The van der Waals surface area contributed by atoms with Crippen LogP contribution in [0.15, 0.2) is 42.5 Å². The fraction of sp³-hybridized carbons (Fsp3) is 0.316. The van der Waals surface area contributed by atoms with E-state index in [9.17, 15) is 18.7 Å². The minimum absolute atomic E-state index is 0.198. The number of amides is 1. The van der Waals surface area contributed by atoms with Crippen molar-refractivity contribution in [2.45, 2.75) is 25.5 Å². The molecule has 0 saturated carbocycles. The highest BCUT2D eigenvalue weighted by molar-refractivity contribution is 5.80. The molecule has 0 radical (unpaired) electrons. The lowest BCUT2D eigenvalue weighted by Crippen LogP contribution is -2.43. The van der Waals surface area contributed by atoms with E-state index in [0.29, 0.717) is 23.3 Å². The SMILES string of the molecule is CC(NC(=O)C1COc2ccc(F)cc2C1)C(O)c1ccc(F)cc1. The van der Waals surface area contributed by atoms with Gasteiger partial charge in [0.25, 0.3) is 0 Å². The summed E-state index contributed by atoms with van der Waals surface area (Å²) >= 11 is 0. The molecular formula is C19H19F2NO3. The molecule has 0 bridgehead atoms. The molecule has 4 nitrogen and oxygen atoms in total. The molecule has 0 aliphatic carbocycles. The molecule has 1 aliphatic rings. The Morgan fingerprint density at radius 1 is 1.20 bits per heavy atom. The van der Waals surface area contributed by atoms with Crippen molar-refractivity contribution >= 4 is 5.91 Å². The lowest BCUT2D eigenvalue weighted by molar-refractivity contribution is -0.127. The quantitative estimate of drug-likeness (QED) is 0.894. The van der Waals surface area contributed by atoms with Crippen molar-refractivity contribution in [2.24, 2.45) is 5.92 Å². The standard InChI is InChI=1S/C19H19F2NO3/c1-11(18(23)12-2-4-15(20)5-3-12)22-19(24)14-8-13-9-16(21)6-7-17(13)25-10-14/h2-7,9,11,14,18,23H,8,10H2,1H3,(H,22,24). The molecule has 2 N–H and O–H groups in total. The van der Waals surface area contributed by atoms with E-state index in [1.54, 1.807) is 13.0 Å². The molecule has 0 saturated heterocycles. The molecule has 3 atom stereocenters. The minimum Gasteiger partial charge on any atom is -0.492 e. The number of hydrogen-bond acceptors (Lipinski definition) is 3. The summed E-state index contributed by atoms with van der Waals surface area (Å²) in [6.07, 6.45) is -0.586. The molecule has 2 aromatic carbocycles. The van der Waals surface area contributed by atoms with Gasteiger partial charge in [0.15, 0.2) is 0 Å². The minimum atomic E-state index is -0.959. The Balaban J connectivity index is 1.63. The van der Waals surface area contributed by atoms with E-state index in [1.807, 2.05) is 0 Å². The topological polar surface area (TPSA) is 58.6 Å². The van der Waals surface area contributed by atoms with Crippen LogP contribution in [0.5, 0.6) is 5.75 Å². The first kappa shape index (κ1) is 17.4. The van der Waals surface area contributed by atoms with E-state index in [0.717, 1.165) is 0 Å². The number of benzene rings is 2. The lowest BCUT2D eigenvalue weighted by Gasteiger charge is -2.27. The van der Waals surface area contributed by atoms with Crippen molar-refractivity contribution in [3.8, 4) is 5.75 Å². The second-order valence-electron chi connectivity index (χ2n) is 6.26. The summed E-state index contributed by atoms with van der Waals surface area (Å²) < 4.78 is 31.8. The van der Waals surface area contributed by atoms with Gasteiger partial charge in [-0.15, -0.1) is 0 Å². The van der Waals surface area contributed by atoms with Gasteiger partial charge in [0.1, 0.15) is 24.0 Å². The molecule has 25 heavy (non-hydrogen) atoms. The van der Waals surface area contributed by atoms with Gasteiger partial charge in [-0.25, -0.2) is 8.78 Å². The van der Waals surface area contributed by atoms with E-state index in [-0.39, 0.29) is 18.3 Å². The van der Waals surface area contributed by atoms with Gasteiger partial charge >= 0.3 is 0 Å². The highest BCUT2D eigenvalue weighted by Gasteiger charge is 2.28. The summed E-state index contributed by atoms with van der Waals surface area (Å²) in [5.41, 5.74) is 1.17. The van der Waals surface area contributed by atoms with Gasteiger partial charge in [-0.2, -0.15) is 0 Å². The Bertz CT molecular complexity index is 764. The van der Waals surface area contributed by atoms with Gasteiger partial charge in [0.05, 0.1) is 18.1 Å². The first-order valence-corrected chi connectivity index (χ1v) is 8.09. The largest absolute Gasteiger partial charge is 0.492 e. The van der Waals surface area contributed by atoms with Crippen LogP contribution >= 0.6 is 0 Å². The molecule has 6 heteroatoms. The van der Waals surface area contributed by atoms with Gasteiger partial charge in [-0.3, -0.25) is 4.79 Å². The number of ether oxygens (including phenoxy) is 1. The molecule has 1 aliphatic heterocycles. The molecule has 0 spiro atoms.